The first kappa shape index (κ1) is 8.32. The van der Waals surface area contributed by atoms with Crippen molar-refractivity contribution in [1.82, 2.24) is 0 Å². The second-order valence-electron chi connectivity index (χ2n) is 1.40. The maximum absolute atomic E-state index is 11.4. The molecule has 0 saturated carbocycles. The highest BCUT2D eigenvalue weighted by atomic mass is 19.4. The molecular formula is C3H5BF3NO. The van der Waals surface area contributed by atoms with Crippen LogP contribution in [0.3, 0.4) is 0 Å². The minimum atomic E-state index is -4.48. The van der Waals surface area contributed by atoms with E-state index in [9.17, 15) is 13.2 Å². The lowest BCUT2D eigenvalue weighted by atomic mass is 9.75. The van der Waals surface area contributed by atoms with Gasteiger partial charge in [0.2, 0.25) is 0 Å². The van der Waals surface area contributed by atoms with Crippen molar-refractivity contribution >= 4 is 12.9 Å². The molecule has 0 rings (SSSR count). The van der Waals surface area contributed by atoms with Crippen molar-refractivity contribution in [2.75, 3.05) is 0 Å². The second kappa shape index (κ2) is 2.75. The number of rotatable bonds is 1. The van der Waals surface area contributed by atoms with Gasteiger partial charge in [0.05, 0.1) is 0 Å². The highest BCUT2D eigenvalue weighted by Crippen LogP contribution is 2.15. The van der Waals surface area contributed by atoms with Crippen LogP contribution in [0.15, 0.2) is 5.16 Å². The first-order valence-electron chi connectivity index (χ1n) is 2.30. The van der Waals surface area contributed by atoms with Crippen LogP contribution in [0, 0.1) is 0 Å². The summed E-state index contributed by atoms with van der Waals surface area (Å²) in [4.78, 5) is 0. The van der Waals surface area contributed by atoms with Crippen molar-refractivity contribution in [3.8, 4) is 0 Å². The fourth-order valence-electron chi connectivity index (χ4n) is 0.328. The molecule has 0 saturated heterocycles. The van der Waals surface area contributed by atoms with E-state index < -0.39 is 11.8 Å². The van der Waals surface area contributed by atoms with Crippen LogP contribution in [0.1, 0.15) is 0 Å². The Kier molecular flexibility index (Phi) is 2.54. The summed E-state index contributed by atoms with van der Waals surface area (Å²) in [6.45, 7) is 1.27. The largest absolute Gasteiger partial charge is 0.423 e. The van der Waals surface area contributed by atoms with Gasteiger partial charge in [0.25, 0.3) is 0 Å². The van der Waals surface area contributed by atoms with Gasteiger partial charge in [-0.25, -0.2) is 0 Å². The van der Waals surface area contributed by atoms with Crippen LogP contribution in [0.4, 0.5) is 13.2 Å². The molecule has 0 aromatic rings. The van der Waals surface area contributed by atoms with Crippen molar-refractivity contribution < 1.29 is 18.4 Å². The predicted octanol–water partition coefficient (Wildman–Crippen LogP) is 0.821. The Morgan fingerprint density at radius 2 is 2.00 bits per heavy atom. The van der Waals surface area contributed by atoms with Crippen LogP contribution in [0.2, 0.25) is 6.82 Å². The van der Waals surface area contributed by atoms with Crippen molar-refractivity contribution in [2.24, 2.45) is 5.16 Å². The van der Waals surface area contributed by atoms with Gasteiger partial charge in [0.1, 0.15) is 5.61 Å². The van der Waals surface area contributed by atoms with Gasteiger partial charge in [-0.1, -0.05) is 12.0 Å². The van der Waals surface area contributed by atoms with Gasteiger partial charge in [-0.05, 0) is 0 Å². The van der Waals surface area contributed by atoms with Crippen LogP contribution in [-0.4, -0.2) is 24.3 Å². The molecule has 0 bridgehead atoms. The summed E-state index contributed by atoms with van der Waals surface area (Å²) >= 11 is 0. The Morgan fingerprint density at radius 3 is 2.00 bits per heavy atom. The summed E-state index contributed by atoms with van der Waals surface area (Å²) in [5.74, 6) is 0. The molecule has 0 aromatic carbocycles. The third kappa shape index (κ3) is 2.39. The Bertz CT molecular complexity index is 121. The smallest absolute Gasteiger partial charge is 0.411 e. The fraction of sp³-hybridized carbons (Fsp3) is 0.667. The first-order valence-corrected chi connectivity index (χ1v) is 2.30. The summed E-state index contributed by atoms with van der Waals surface area (Å²) in [7, 11) is -0.306. The molecule has 0 aliphatic heterocycles. The lowest BCUT2D eigenvalue weighted by Gasteiger charge is -2.03. The van der Waals surface area contributed by atoms with Crippen LogP contribution in [-0.2, 0) is 0 Å². The standard InChI is InChI=1S/C3H5BF3NO/c1-4-2(8-9)3(5,6)7/h4,9H,1H3/b8-2-. The van der Waals surface area contributed by atoms with Crippen molar-refractivity contribution in [2.45, 2.75) is 13.0 Å². The van der Waals surface area contributed by atoms with E-state index in [1.807, 2.05) is 0 Å². The van der Waals surface area contributed by atoms with Crippen LogP contribution in [0.5, 0.6) is 0 Å². The first-order chi connectivity index (χ1) is 4.02. The summed E-state index contributed by atoms with van der Waals surface area (Å²) in [5.41, 5.74) is -1.15. The van der Waals surface area contributed by atoms with Gasteiger partial charge < -0.3 is 5.21 Å². The number of hydrogen-bond acceptors (Lipinski definition) is 2. The quantitative estimate of drug-likeness (QED) is 0.248. The van der Waals surface area contributed by atoms with Gasteiger partial charge >= 0.3 is 6.18 Å². The van der Waals surface area contributed by atoms with E-state index in [4.69, 9.17) is 5.21 Å². The summed E-state index contributed by atoms with van der Waals surface area (Å²) in [6.07, 6.45) is -4.48. The average Bonchev–Trinajstić information content (AvgIpc) is 1.65. The molecule has 0 unspecified atom stereocenters. The zero-order valence-corrected chi connectivity index (χ0v) is 4.74. The fourth-order valence-corrected chi connectivity index (χ4v) is 0.328. The molecule has 2 nitrogen and oxygen atoms in total. The molecule has 0 fully saturated rings. The molecule has 0 aliphatic carbocycles. The van der Waals surface area contributed by atoms with Gasteiger partial charge in [-0.2, -0.15) is 13.2 Å². The van der Waals surface area contributed by atoms with Gasteiger partial charge in [0, 0.05) is 0 Å². The summed E-state index contributed by atoms with van der Waals surface area (Å²) < 4.78 is 34.3. The Hall–Kier alpha value is -0.675. The van der Waals surface area contributed by atoms with E-state index in [0.717, 1.165) is 0 Å². The number of nitrogens with zero attached hydrogens (tertiary/aromatic N) is 1. The van der Waals surface area contributed by atoms with E-state index in [2.05, 4.69) is 5.16 Å². The number of alkyl halides is 3. The number of hydrogen-bond donors (Lipinski definition) is 1. The summed E-state index contributed by atoms with van der Waals surface area (Å²) in [5, 5.41) is 9.80. The van der Waals surface area contributed by atoms with Crippen molar-refractivity contribution in [3.05, 3.63) is 0 Å². The Labute approximate surface area is 50.6 Å². The molecule has 0 aliphatic rings. The second-order valence-corrected chi connectivity index (χ2v) is 1.40. The highest BCUT2D eigenvalue weighted by molar-refractivity contribution is 6.75. The maximum atomic E-state index is 11.4. The Morgan fingerprint density at radius 1 is 1.56 bits per heavy atom. The van der Waals surface area contributed by atoms with E-state index in [0.29, 0.717) is 0 Å². The minimum Gasteiger partial charge on any atom is -0.411 e. The van der Waals surface area contributed by atoms with E-state index in [-0.39, 0.29) is 7.28 Å². The molecular weight excluding hydrogens is 134 g/mol. The molecule has 6 heteroatoms. The van der Waals surface area contributed by atoms with Gasteiger partial charge in [-0.3, -0.25) is 0 Å². The maximum Gasteiger partial charge on any atom is 0.423 e. The molecule has 52 valence electrons. The van der Waals surface area contributed by atoms with Crippen LogP contribution < -0.4 is 0 Å². The van der Waals surface area contributed by atoms with Gasteiger partial charge in [-0.15, -0.1) is 0 Å². The third-order valence-corrected chi connectivity index (χ3v) is 0.783. The monoisotopic (exact) mass is 139 g/mol. The lowest BCUT2D eigenvalue weighted by molar-refractivity contribution is -0.0580. The zero-order valence-electron chi connectivity index (χ0n) is 4.74. The minimum absolute atomic E-state index is 0.306. The molecule has 9 heavy (non-hydrogen) atoms. The number of oxime groups is 1. The zero-order chi connectivity index (χ0) is 7.49. The molecule has 0 amide bonds. The molecule has 0 aromatic heterocycles. The Balaban J connectivity index is 4.14. The normalized spacial score (nSPS) is 13.6. The summed E-state index contributed by atoms with van der Waals surface area (Å²) in [6, 6.07) is 0. The molecule has 0 atom stereocenters. The molecule has 0 radical (unpaired) electrons. The molecule has 0 spiro atoms. The lowest BCUT2D eigenvalue weighted by Crippen LogP contribution is -2.27. The SMILES string of the molecule is CB/C(=N\O)C(F)(F)F. The van der Waals surface area contributed by atoms with Gasteiger partial charge in [0.15, 0.2) is 7.28 Å². The van der Waals surface area contributed by atoms with E-state index >= 15 is 0 Å². The van der Waals surface area contributed by atoms with Crippen molar-refractivity contribution in [1.29, 1.82) is 0 Å². The molecule has 1 N–H and O–H groups in total. The average molecular weight is 139 g/mol. The molecule has 0 heterocycles. The van der Waals surface area contributed by atoms with Crippen molar-refractivity contribution in [3.63, 3.8) is 0 Å². The van der Waals surface area contributed by atoms with Crippen LogP contribution >= 0.6 is 0 Å². The third-order valence-electron chi connectivity index (χ3n) is 0.783. The van der Waals surface area contributed by atoms with Crippen LogP contribution in [0.25, 0.3) is 0 Å². The van der Waals surface area contributed by atoms with E-state index in [1.54, 1.807) is 0 Å². The number of halogens is 3. The topological polar surface area (TPSA) is 32.6 Å². The predicted molar refractivity (Wildman–Crippen MR) is 28.3 cm³/mol. The van der Waals surface area contributed by atoms with E-state index in [1.165, 1.54) is 6.82 Å². The highest BCUT2D eigenvalue weighted by Gasteiger charge is 2.34.